The van der Waals surface area contributed by atoms with Crippen molar-refractivity contribution in [3.05, 3.63) is 29.4 Å². The van der Waals surface area contributed by atoms with Gasteiger partial charge in [0.05, 0.1) is 18.3 Å². The maximum Gasteiger partial charge on any atom is 0.224 e. The van der Waals surface area contributed by atoms with Crippen LogP contribution >= 0.6 is 11.6 Å². The van der Waals surface area contributed by atoms with Gasteiger partial charge in [-0.2, -0.15) is 5.10 Å². The van der Waals surface area contributed by atoms with Gasteiger partial charge in [-0.3, -0.25) is 9.48 Å². The van der Waals surface area contributed by atoms with E-state index in [0.29, 0.717) is 18.0 Å². The van der Waals surface area contributed by atoms with Gasteiger partial charge in [0, 0.05) is 43.0 Å². The molecule has 0 unspecified atom stereocenters. The van der Waals surface area contributed by atoms with E-state index in [1.165, 1.54) is 0 Å². The number of rotatable bonds is 4. The summed E-state index contributed by atoms with van der Waals surface area (Å²) >= 11 is 5.98. The van der Waals surface area contributed by atoms with Crippen LogP contribution in [0.1, 0.15) is 13.3 Å². The lowest BCUT2D eigenvalue weighted by Gasteiger charge is -2.34. The highest BCUT2D eigenvalue weighted by Gasteiger charge is 2.20. The molecule has 1 fully saturated rings. The van der Waals surface area contributed by atoms with E-state index in [2.05, 4.69) is 16.9 Å². The summed E-state index contributed by atoms with van der Waals surface area (Å²) in [5, 5.41) is 6.07. The van der Waals surface area contributed by atoms with Crippen molar-refractivity contribution >= 4 is 28.4 Å². The highest BCUT2D eigenvalue weighted by Crippen LogP contribution is 2.19. The predicted molar refractivity (Wildman–Crippen MR) is 88.1 cm³/mol. The Bertz CT molecular complexity index is 661. The molecule has 1 saturated heterocycles. The summed E-state index contributed by atoms with van der Waals surface area (Å²) in [5.41, 5.74) is 1.02. The van der Waals surface area contributed by atoms with Gasteiger partial charge in [0.15, 0.2) is 0 Å². The third-order valence-corrected chi connectivity index (χ3v) is 4.55. The molecule has 0 spiro atoms. The van der Waals surface area contributed by atoms with Crippen LogP contribution < -0.4 is 0 Å². The van der Waals surface area contributed by atoms with Gasteiger partial charge >= 0.3 is 0 Å². The van der Waals surface area contributed by atoms with Crippen molar-refractivity contribution in [2.45, 2.75) is 19.9 Å². The van der Waals surface area contributed by atoms with Crippen LogP contribution in [0.5, 0.6) is 0 Å². The number of hydrogen-bond acceptors (Lipinski definition) is 3. The van der Waals surface area contributed by atoms with Gasteiger partial charge in [-0.15, -0.1) is 0 Å². The number of carbonyl (C=O) groups is 1. The van der Waals surface area contributed by atoms with Crippen molar-refractivity contribution in [2.75, 3.05) is 32.7 Å². The number of carbonyl (C=O) groups excluding carboxylic acids is 1. The molecule has 1 aliphatic heterocycles. The van der Waals surface area contributed by atoms with Gasteiger partial charge < -0.3 is 9.80 Å². The molecule has 0 saturated carbocycles. The highest BCUT2D eigenvalue weighted by atomic mass is 35.5. The number of hydrogen-bond donors (Lipinski definition) is 0. The number of aromatic nitrogens is 2. The first-order chi connectivity index (χ1) is 10.7. The molecule has 1 aliphatic rings. The number of halogens is 1. The lowest BCUT2D eigenvalue weighted by Crippen LogP contribution is -2.48. The van der Waals surface area contributed by atoms with Crippen LogP contribution in [0.15, 0.2) is 24.4 Å². The van der Waals surface area contributed by atoms with E-state index in [4.69, 9.17) is 11.6 Å². The average Bonchev–Trinajstić information content (AvgIpc) is 2.94. The zero-order valence-electron chi connectivity index (χ0n) is 12.8. The third-order valence-electron chi connectivity index (χ3n) is 4.31. The quantitative estimate of drug-likeness (QED) is 0.867. The van der Waals surface area contributed by atoms with Gasteiger partial charge in [-0.1, -0.05) is 18.5 Å². The largest absolute Gasteiger partial charge is 0.340 e. The van der Waals surface area contributed by atoms with Crippen LogP contribution in [0.25, 0.3) is 10.9 Å². The van der Waals surface area contributed by atoms with E-state index < -0.39 is 0 Å². The molecule has 0 N–H and O–H groups in total. The van der Waals surface area contributed by atoms with Crippen molar-refractivity contribution in [1.29, 1.82) is 0 Å². The number of piperazine rings is 1. The second-order valence-electron chi connectivity index (χ2n) is 5.64. The second-order valence-corrected chi connectivity index (χ2v) is 6.07. The van der Waals surface area contributed by atoms with Crippen LogP contribution in [0.4, 0.5) is 0 Å². The first kappa shape index (κ1) is 15.3. The maximum absolute atomic E-state index is 12.3. The fraction of sp³-hybridized carbons (Fsp3) is 0.500. The van der Waals surface area contributed by atoms with Crippen molar-refractivity contribution < 1.29 is 4.79 Å². The molecule has 0 atom stereocenters. The van der Waals surface area contributed by atoms with Crippen LogP contribution in [0.2, 0.25) is 5.02 Å². The molecule has 1 aromatic carbocycles. The van der Waals surface area contributed by atoms with Gasteiger partial charge in [-0.25, -0.2) is 0 Å². The van der Waals surface area contributed by atoms with Crippen molar-refractivity contribution in [2.24, 2.45) is 0 Å². The molecule has 0 bridgehead atoms. The van der Waals surface area contributed by atoms with Crippen LogP contribution in [0.3, 0.4) is 0 Å². The van der Waals surface area contributed by atoms with Gasteiger partial charge in [-0.05, 0) is 24.7 Å². The Kier molecular flexibility index (Phi) is 4.64. The van der Waals surface area contributed by atoms with E-state index in [-0.39, 0.29) is 5.91 Å². The number of benzene rings is 1. The summed E-state index contributed by atoms with van der Waals surface area (Å²) in [7, 11) is 0. The number of nitrogens with zero attached hydrogens (tertiary/aromatic N) is 4. The SMILES string of the molecule is CCN1CCN(C(=O)CCn2ncc3cc(Cl)ccc32)CC1. The first-order valence-corrected chi connectivity index (χ1v) is 8.16. The Morgan fingerprint density at radius 2 is 2.05 bits per heavy atom. The van der Waals surface area contributed by atoms with Crippen molar-refractivity contribution in [1.82, 2.24) is 19.6 Å². The van der Waals surface area contributed by atoms with Gasteiger partial charge in [0.2, 0.25) is 5.91 Å². The topological polar surface area (TPSA) is 41.4 Å². The molecular formula is C16H21ClN4O. The van der Waals surface area contributed by atoms with Crippen molar-refractivity contribution in [3.8, 4) is 0 Å². The molecule has 0 radical (unpaired) electrons. The molecule has 118 valence electrons. The fourth-order valence-electron chi connectivity index (χ4n) is 2.91. The second kappa shape index (κ2) is 6.67. The van der Waals surface area contributed by atoms with E-state index in [9.17, 15) is 4.79 Å². The van der Waals surface area contributed by atoms with Crippen LogP contribution in [-0.2, 0) is 11.3 Å². The normalized spacial score (nSPS) is 16.4. The fourth-order valence-corrected chi connectivity index (χ4v) is 3.09. The number of amides is 1. The van der Waals surface area contributed by atoms with Gasteiger partial charge in [0.25, 0.3) is 0 Å². The molecule has 0 aliphatic carbocycles. The number of aryl methyl sites for hydroxylation is 1. The number of likely N-dealkylation sites (N-methyl/N-ethyl adjacent to an activating group) is 1. The van der Waals surface area contributed by atoms with Crippen LogP contribution in [0, 0.1) is 0 Å². The summed E-state index contributed by atoms with van der Waals surface area (Å²) in [4.78, 5) is 16.7. The lowest BCUT2D eigenvalue weighted by atomic mass is 10.2. The first-order valence-electron chi connectivity index (χ1n) is 7.78. The summed E-state index contributed by atoms with van der Waals surface area (Å²) in [6.07, 6.45) is 2.29. The standard InChI is InChI=1S/C16H21ClN4O/c1-2-19-7-9-20(10-8-19)16(22)5-6-21-15-4-3-14(17)11-13(15)12-18-21/h3-4,11-12H,2,5-10H2,1H3. The minimum absolute atomic E-state index is 0.216. The minimum Gasteiger partial charge on any atom is -0.340 e. The van der Waals surface area contributed by atoms with E-state index >= 15 is 0 Å². The maximum atomic E-state index is 12.3. The molecule has 5 nitrogen and oxygen atoms in total. The third kappa shape index (κ3) is 3.25. The Morgan fingerprint density at radius 1 is 1.27 bits per heavy atom. The predicted octanol–water partition coefficient (Wildman–Crippen LogP) is 2.24. The number of fused-ring (bicyclic) bond motifs is 1. The van der Waals surface area contributed by atoms with Gasteiger partial charge in [0.1, 0.15) is 0 Å². The zero-order chi connectivity index (χ0) is 15.5. The molecule has 22 heavy (non-hydrogen) atoms. The Labute approximate surface area is 135 Å². The van der Waals surface area contributed by atoms with E-state index in [1.54, 1.807) is 6.20 Å². The average molecular weight is 321 g/mol. The molecular weight excluding hydrogens is 300 g/mol. The molecule has 2 aromatic rings. The molecule has 2 heterocycles. The summed E-state index contributed by atoms with van der Waals surface area (Å²) in [5.74, 6) is 0.216. The van der Waals surface area contributed by atoms with Crippen molar-refractivity contribution in [3.63, 3.8) is 0 Å². The Hall–Kier alpha value is -1.59. The van der Waals surface area contributed by atoms with E-state index in [0.717, 1.165) is 43.6 Å². The summed E-state index contributed by atoms with van der Waals surface area (Å²) < 4.78 is 1.88. The molecule has 6 heteroatoms. The zero-order valence-corrected chi connectivity index (χ0v) is 13.6. The Morgan fingerprint density at radius 3 is 2.77 bits per heavy atom. The van der Waals surface area contributed by atoms with Crippen LogP contribution in [-0.4, -0.2) is 58.2 Å². The summed E-state index contributed by atoms with van der Waals surface area (Å²) in [6, 6.07) is 5.70. The van der Waals surface area contributed by atoms with E-state index in [1.807, 2.05) is 27.8 Å². The summed E-state index contributed by atoms with van der Waals surface area (Å²) in [6.45, 7) is 7.45. The smallest absolute Gasteiger partial charge is 0.224 e. The monoisotopic (exact) mass is 320 g/mol. The Balaban J connectivity index is 1.58. The molecule has 1 amide bonds. The highest BCUT2D eigenvalue weighted by molar-refractivity contribution is 6.31. The molecule has 1 aromatic heterocycles. The molecule has 3 rings (SSSR count). The minimum atomic E-state index is 0.216. The lowest BCUT2D eigenvalue weighted by molar-refractivity contribution is -0.133.